The molecule has 2 heteroatoms. The van der Waals surface area contributed by atoms with Crippen LogP contribution in [-0.2, 0) is 0 Å². The van der Waals surface area contributed by atoms with Gasteiger partial charge in [0.05, 0.1) is 0 Å². The Morgan fingerprint density at radius 2 is 1.96 bits per heavy atom. The van der Waals surface area contributed by atoms with Crippen LogP contribution in [0, 0.1) is 11.8 Å². The Morgan fingerprint density at radius 3 is 2.58 bits per heavy atom. The summed E-state index contributed by atoms with van der Waals surface area (Å²) in [5.41, 5.74) is 2.66. The van der Waals surface area contributed by atoms with Gasteiger partial charge in [-0.1, -0.05) is 82.1 Å². The summed E-state index contributed by atoms with van der Waals surface area (Å²) >= 11 is 0. The standard InChI is InChI=1S/C22H38N2/c1-6-10-20(11-7-2)18-21-12-8-14-22(15-9-13-21)19(3)23-16-17-24(4)5/h8-9,12,14-15,20,22-23H,3,6-7,10-11,13,16-18H2,1-2,4-5H3/b14-8-,15-9?,21-12+. The summed E-state index contributed by atoms with van der Waals surface area (Å²) in [6.45, 7) is 10.8. The monoisotopic (exact) mass is 330 g/mol. The van der Waals surface area contributed by atoms with Crippen LogP contribution < -0.4 is 5.32 Å². The molecule has 1 unspecified atom stereocenters. The van der Waals surface area contributed by atoms with Gasteiger partial charge in [0.2, 0.25) is 0 Å². The number of likely N-dealkylation sites (N-methyl/N-ethyl adjacent to an activating group) is 1. The predicted octanol–water partition coefficient (Wildman–Crippen LogP) is 5.32. The Bertz CT molecular complexity index is 437. The molecular weight excluding hydrogens is 292 g/mol. The van der Waals surface area contributed by atoms with Crippen LogP contribution in [0.1, 0.15) is 52.4 Å². The van der Waals surface area contributed by atoms with Gasteiger partial charge in [-0.15, -0.1) is 0 Å². The number of nitrogens with one attached hydrogen (secondary N) is 1. The molecule has 0 aromatic carbocycles. The largest absolute Gasteiger partial charge is 0.387 e. The van der Waals surface area contributed by atoms with E-state index in [1.807, 2.05) is 0 Å². The smallest absolute Gasteiger partial charge is 0.0344 e. The van der Waals surface area contributed by atoms with Gasteiger partial charge in [-0.2, -0.15) is 0 Å². The van der Waals surface area contributed by atoms with Crippen molar-refractivity contribution in [1.82, 2.24) is 10.2 Å². The van der Waals surface area contributed by atoms with E-state index < -0.39 is 0 Å². The van der Waals surface area contributed by atoms with Crippen LogP contribution in [0.5, 0.6) is 0 Å². The Hall–Kier alpha value is -1.28. The van der Waals surface area contributed by atoms with Crippen molar-refractivity contribution in [3.8, 4) is 0 Å². The van der Waals surface area contributed by atoms with Crippen LogP contribution in [0.2, 0.25) is 0 Å². The second-order valence-electron chi connectivity index (χ2n) is 7.27. The van der Waals surface area contributed by atoms with Crippen molar-refractivity contribution in [2.24, 2.45) is 11.8 Å². The highest BCUT2D eigenvalue weighted by molar-refractivity contribution is 5.25. The van der Waals surface area contributed by atoms with Crippen LogP contribution >= 0.6 is 0 Å². The first-order valence-corrected chi connectivity index (χ1v) is 9.67. The molecule has 0 aromatic heterocycles. The fourth-order valence-corrected chi connectivity index (χ4v) is 3.29. The average Bonchev–Trinajstić information content (AvgIpc) is 2.49. The predicted molar refractivity (Wildman–Crippen MR) is 108 cm³/mol. The molecule has 24 heavy (non-hydrogen) atoms. The van der Waals surface area contributed by atoms with Gasteiger partial charge in [0, 0.05) is 24.7 Å². The molecule has 0 amide bonds. The van der Waals surface area contributed by atoms with Crippen LogP contribution in [0.15, 0.2) is 48.2 Å². The molecule has 136 valence electrons. The number of hydrogen-bond acceptors (Lipinski definition) is 2. The number of nitrogens with zero attached hydrogens (tertiary/aromatic N) is 1. The van der Waals surface area contributed by atoms with Crippen LogP contribution in [0.3, 0.4) is 0 Å². The third kappa shape index (κ3) is 8.54. The lowest BCUT2D eigenvalue weighted by atomic mass is 9.88. The van der Waals surface area contributed by atoms with Crippen molar-refractivity contribution in [2.75, 3.05) is 27.2 Å². The lowest BCUT2D eigenvalue weighted by molar-refractivity contribution is 0.406. The Morgan fingerprint density at radius 1 is 1.25 bits per heavy atom. The molecule has 0 fully saturated rings. The summed E-state index contributed by atoms with van der Waals surface area (Å²) in [6.07, 6.45) is 19.1. The highest BCUT2D eigenvalue weighted by atomic mass is 15.1. The van der Waals surface area contributed by atoms with Crippen molar-refractivity contribution in [3.63, 3.8) is 0 Å². The molecule has 1 aliphatic rings. The molecule has 0 spiro atoms. The minimum absolute atomic E-state index is 0.298. The summed E-state index contributed by atoms with van der Waals surface area (Å²) in [5.74, 6) is 1.15. The van der Waals surface area contributed by atoms with Gasteiger partial charge in [-0.05, 0) is 32.9 Å². The lowest BCUT2D eigenvalue weighted by Gasteiger charge is -2.19. The number of rotatable bonds is 11. The molecule has 0 saturated heterocycles. The SMILES string of the molecule is C=C(NCCN(C)C)C1C=CC/C(CC(CCC)CCC)=C\C=C/1. The second kappa shape index (κ2) is 12.1. The van der Waals surface area contributed by atoms with E-state index in [0.717, 1.165) is 31.1 Å². The molecule has 0 radical (unpaired) electrons. The highest BCUT2D eigenvalue weighted by Gasteiger charge is 2.11. The Balaban J connectivity index is 2.55. The molecule has 1 rings (SSSR count). The summed E-state index contributed by atoms with van der Waals surface area (Å²) in [4.78, 5) is 2.18. The molecule has 0 aliphatic heterocycles. The fourth-order valence-electron chi connectivity index (χ4n) is 3.29. The van der Waals surface area contributed by atoms with E-state index in [4.69, 9.17) is 0 Å². The zero-order valence-electron chi connectivity index (χ0n) is 16.4. The zero-order chi connectivity index (χ0) is 17.8. The molecule has 0 aromatic rings. The average molecular weight is 331 g/mol. The molecule has 2 nitrogen and oxygen atoms in total. The first kappa shape index (κ1) is 20.8. The second-order valence-corrected chi connectivity index (χ2v) is 7.27. The summed E-state index contributed by atoms with van der Waals surface area (Å²) in [5, 5.41) is 3.45. The number of allylic oxidation sites excluding steroid dienone is 5. The van der Waals surface area contributed by atoms with E-state index >= 15 is 0 Å². The van der Waals surface area contributed by atoms with Gasteiger partial charge in [-0.25, -0.2) is 0 Å². The summed E-state index contributed by atoms with van der Waals surface area (Å²) in [6, 6.07) is 0. The van der Waals surface area contributed by atoms with E-state index in [9.17, 15) is 0 Å². The molecule has 0 heterocycles. The van der Waals surface area contributed by atoms with E-state index in [1.165, 1.54) is 32.1 Å². The van der Waals surface area contributed by atoms with Crippen molar-refractivity contribution in [3.05, 3.63) is 48.2 Å². The van der Waals surface area contributed by atoms with Gasteiger partial charge in [0.1, 0.15) is 0 Å². The van der Waals surface area contributed by atoms with E-state index in [2.05, 4.69) is 75.1 Å². The molecule has 1 aliphatic carbocycles. The topological polar surface area (TPSA) is 15.3 Å². The summed E-state index contributed by atoms with van der Waals surface area (Å²) in [7, 11) is 4.19. The molecular formula is C22H38N2. The van der Waals surface area contributed by atoms with Gasteiger partial charge < -0.3 is 10.2 Å². The van der Waals surface area contributed by atoms with Crippen LogP contribution in [0.4, 0.5) is 0 Å². The van der Waals surface area contributed by atoms with E-state index in [-0.39, 0.29) is 0 Å². The molecule has 1 N–H and O–H groups in total. The van der Waals surface area contributed by atoms with Gasteiger partial charge in [0.25, 0.3) is 0 Å². The third-order valence-corrected chi connectivity index (χ3v) is 4.63. The van der Waals surface area contributed by atoms with Crippen molar-refractivity contribution >= 4 is 0 Å². The fraction of sp³-hybridized carbons (Fsp3) is 0.636. The summed E-state index contributed by atoms with van der Waals surface area (Å²) < 4.78 is 0. The lowest BCUT2D eigenvalue weighted by Crippen LogP contribution is -2.27. The minimum atomic E-state index is 0.298. The normalized spacial score (nSPS) is 21.2. The maximum absolute atomic E-state index is 4.21. The minimum Gasteiger partial charge on any atom is -0.387 e. The Kier molecular flexibility index (Phi) is 10.5. The molecule has 1 atom stereocenters. The Labute approximate surface area is 150 Å². The maximum Gasteiger partial charge on any atom is 0.0344 e. The third-order valence-electron chi connectivity index (χ3n) is 4.63. The maximum atomic E-state index is 4.21. The van der Waals surface area contributed by atoms with Crippen molar-refractivity contribution < 1.29 is 0 Å². The van der Waals surface area contributed by atoms with E-state index in [1.54, 1.807) is 5.57 Å². The number of hydrogen-bond donors (Lipinski definition) is 1. The van der Waals surface area contributed by atoms with Gasteiger partial charge in [-0.3, -0.25) is 0 Å². The van der Waals surface area contributed by atoms with Gasteiger partial charge >= 0.3 is 0 Å². The van der Waals surface area contributed by atoms with Crippen molar-refractivity contribution in [2.45, 2.75) is 52.4 Å². The van der Waals surface area contributed by atoms with Crippen LogP contribution in [0.25, 0.3) is 0 Å². The zero-order valence-corrected chi connectivity index (χ0v) is 16.4. The highest BCUT2D eigenvalue weighted by Crippen LogP contribution is 2.25. The molecule has 0 bridgehead atoms. The van der Waals surface area contributed by atoms with Gasteiger partial charge in [0.15, 0.2) is 0 Å². The van der Waals surface area contributed by atoms with Crippen LogP contribution in [-0.4, -0.2) is 32.1 Å². The molecule has 0 saturated carbocycles. The first-order valence-electron chi connectivity index (χ1n) is 9.67. The first-order chi connectivity index (χ1) is 11.6. The quantitative estimate of drug-likeness (QED) is 0.516. The van der Waals surface area contributed by atoms with Crippen molar-refractivity contribution in [1.29, 1.82) is 0 Å². The van der Waals surface area contributed by atoms with E-state index in [0.29, 0.717) is 5.92 Å².